The van der Waals surface area contributed by atoms with Crippen molar-refractivity contribution in [1.82, 2.24) is 0 Å². The lowest BCUT2D eigenvalue weighted by atomic mass is 10.3. The van der Waals surface area contributed by atoms with Crippen LogP contribution in [0, 0.1) is 10.1 Å². The van der Waals surface area contributed by atoms with Crippen LogP contribution in [0.25, 0.3) is 0 Å². The summed E-state index contributed by atoms with van der Waals surface area (Å²) in [5.74, 6) is -1.43. The lowest BCUT2D eigenvalue weighted by Gasteiger charge is -2.14. The fourth-order valence-corrected chi connectivity index (χ4v) is 2.05. The zero-order chi connectivity index (χ0) is 19.1. The Kier molecular flexibility index (Phi) is 6.51. The number of nitro benzene ring substituents is 1. The molecule has 0 saturated carbocycles. The fraction of sp³-hybridized carbons (Fsp3) is 0.176. The molecule has 0 bridgehead atoms. The summed E-state index contributed by atoms with van der Waals surface area (Å²) in [5, 5.41) is 14.0. The maximum atomic E-state index is 12.0. The second-order valence-electron chi connectivity index (χ2n) is 5.14. The second-order valence-corrected chi connectivity index (χ2v) is 5.58. The van der Waals surface area contributed by atoms with Crippen LogP contribution in [0.1, 0.15) is 6.92 Å². The van der Waals surface area contributed by atoms with E-state index in [0.717, 1.165) is 0 Å². The zero-order valence-electron chi connectivity index (χ0n) is 13.7. The molecule has 0 saturated heterocycles. The number of para-hydroxylation sites is 2. The first-order chi connectivity index (χ1) is 12.4. The maximum absolute atomic E-state index is 12.0. The van der Waals surface area contributed by atoms with E-state index >= 15 is 0 Å². The van der Waals surface area contributed by atoms with E-state index in [1.165, 1.54) is 31.2 Å². The summed E-state index contributed by atoms with van der Waals surface area (Å²) in [6.07, 6.45) is -1.08. The van der Waals surface area contributed by atoms with Crippen molar-refractivity contribution in [2.45, 2.75) is 13.0 Å². The summed E-state index contributed by atoms with van der Waals surface area (Å²) in [6, 6.07) is 12.1. The van der Waals surface area contributed by atoms with Crippen LogP contribution >= 0.6 is 11.6 Å². The average Bonchev–Trinajstić information content (AvgIpc) is 2.62. The van der Waals surface area contributed by atoms with Crippen molar-refractivity contribution in [2.75, 3.05) is 11.9 Å². The van der Waals surface area contributed by atoms with E-state index in [-0.39, 0.29) is 11.4 Å². The number of halogens is 1. The van der Waals surface area contributed by atoms with Gasteiger partial charge in [0.05, 0.1) is 4.92 Å². The first-order valence-electron chi connectivity index (χ1n) is 7.49. The van der Waals surface area contributed by atoms with Crippen molar-refractivity contribution < 1.29 is 24.0 Å². The molecule has 0 radical (unpaired) electrons. The van der Waals surface area contributed by atoms with E-state index in [2.05, 4.69) is 5.32 Å². The normalized spacial score (nSPS) is 11.3. The Hall–Kier alpha value is -3.13. The molecule has 0 aliphatic carbocycles. The molecule has 8 nitrogen and oxygen atoms in total. The van der Waals surface area contributed by atoms with E-state index in [9.17, 15) is 19.7 Å². The number of nitrogens with zero attached hydrogens (tertiary/aromatic N) is 1. The largest absolute Gasteiger partial charge is 0.475 e. The summed E-state index contributed by atoms with van der Waals surface area (Å²) < 4.78 is 10.1. The number of carbonyl (C=O) groups is 2. The highest BCUT2D eigenvalue weighted by molar-refractivity contribution is 6.30. The van der Waals surface area contributed by atoms with Gasteiger partial charge in [0.15, 0.2) is 18.5 Å². The summed E-state index contributed by atoms with van der Waals surface area (Å²) >= 11 is 5.76. The third-order valence-corrected chi connectivity index (χ3v) is 3.45. The number of benzene rings is 2. The molecule has 0 aliphatic heterocycles. The van der Waals surface area contributed by atoms with Crippen molar-refractivity contribution in [3.8, 4) is 5.75 Å². The van der Waals surface area contributed by atoms with Crippen molar-refractivity contribution >= 4 is 34.9 Å². The van der Waals surface area contributed by atoms with Crippen molar-refractivity contribution in [3.05, 3.63) is 63.7 Å². The van der Waals surface area contributed by atoms with E-state index in [1.807, 2.05) is 0 Å². The maximum Gasteiger partial charge on any atom is 0.344 e. The van der Waals surface area contributed by atoms with Gasteiger partial charge in [-0.05, 0) is 37.3 Å². The molecule has 0 aliphatic rings. The molecule has 2 rings (SSSR count). The van der Waals surface area contributed by atoms with Gasteiger partial charge < -0.3 is 14.8 Å². The predicted molar refractivity (Wildman–Crippen MR) is 94.2 cm³/mol. The standard InChI is InChI=1S/C17H15ClN2O6/c1-11(17(22)19-13-8-6-12(18)7-9-13)26-16(21)10-25-15-5-3-2-4-14(15)20(23)24/h2-9,11H,10H2,1H3,(H,19,22). The van der Waals surface area contributed by atoms with Crippen molar-refractivity contribution in [2.24, 2.45) is 0 Å². The van der Waals surface area contributed by atoms with Crippen molar-refractivity contribution in [1.29, 1.82) is 0 Å². The van der Waals surface area contributed by atoms with E-state index in [1.54, 1.807) is 24.3 Å². The van der Waals surface area contributed by atoms with Crippen LogP contribution in [0.2, 0.25) is 5.02 Å². The lowest BCUT2D eigenvalue weighted by Crippen LogP contribution is -2.31. The molecule has 136 valence electrons. The van der Waals surface area contributed by atoms with Crippen LogP contribution in [-0.4, -0.2) is 29.5 Å². The number of anilines is 1. The third kappa shape index (κ3) is 5.45. The quantitative estimate of drug-likeness (QED) is 0.450. The number of amides is 1. The molecule has 9 heteroatoms. The van der Waals surface area contributed by atoms with Gasteiger partial charge in [-0.3, -0.25) is 14.9 Å². The molecule has 0 aromatic heterocycles. The average molecular weight is 379 g/mol. The number of nitro groups is 1. The first kappa shape index (κ1) is 19.2. The Morgan fingerprint density at radius 3 is 2.50 bits per heavy atom. The van der Waals surface area contributed by atoms with E-state index in [4.69, 9.17) is 21.1 Å². The number of hydrogen-bond donors (Lipinski definition) is 1. The van der Waals surface area contributed by atoms with Gasteiger partial charge in [0, 0.05) is 16.8 Å². The van der Waals surface area contributed by atoms with Crippen LogP contribution in [-0.2, 0) is 14.3 Å². The SMILES string of the molecule is CC(OC(=O)COc1ccccc1[N+](=O)[O-])C(=O)Nc1ccc(Cl)cc1. The molecule has 1 unspecified atom stereocenters. The number of rotatable bonds is 7. The molecule has 0 heterocycles. The van der Waals surface area contributed by atoms with Crippen LogP contribution in [0.5, 0.6) is 5.75 Å². The Morgan fingerprint density at radius 1 is 1.19 bits per heavy atom. The first-order valence-corrected chi connectivity index (χ1v) is 7.86. The minimum absolute atomic E-state index is 0.0623. The molecule has 0 spiro atoms. The van der Waals surface area contributed by atoms with Crippen LogP contribution < -0.4 is 10.1 Å². The summed E-state index contributed by atoms with van der Waals surface area (Å²) in [6.45, 7) is 0.831. The number of carbonyl (C=O) groups excluding carboxylic acids is 2. The predicted octanol–water partition coefficient (Wildman–Crippen LogP) is 3.20. The van der Waals surface area contributed by atoms with Crippen molar-refractivity contribution in [3.63, 3.8) is 0 Å². The van der Waals surface area contributed by atoms with E-state index in [0.29, 0.717) is 10.7 Å². The molecule has 1 atom stereocenters. The minimum atomic E-state index is -1.08. The Balaban J connectivity index is 1.86. The highest BCUT2D eigenvalue weighted by Crippen LogP contribution is 2.25. The molecule has 1 N–H and O–H groups in total. The Morgan fingerprint density at radius 2 is 1.85 bits per heavy atom. The number of nitrogens with one attached hydrogen (secondary N) is 1. The lowest BCUT2D eigenvalue weighted by molar-refractivity contribution is -0.385. The van der Waals surface area contributed by atoms with E-state index < -0.39 is 29.5 Å². The third-order valence-electron chi connectivity index (χ3n) is 3.20. The topological polar surface area (TPSA) is 108 Å². The van der Waals surface area contributed by atoms with Gasteiger partial charge in [0.1, 0.15) is 0 Å². The minimum Gasteiger partial charge on any atom is -0.475 e. The number of ether oxygens (including phenoxy) is 2. The van der Waals surface area contributed by atoms with Gasteiger partial charge in [-0.1, -0.05) is 23.7 Å². The van der Waals surface area contributed by atoms with Crippen LogP contribution in [0.4, 0.5) is 11.4 Å². The summed E-state index contributed by atoms with van der Waals surface area (Å²) in [5.41, 5.74) is 0.229. The van der Waals surface area contributed by atoms with Gasteiger partial charge in [-0.15, -0.1) is 0 Å². The molecule has 26 heavy (non-hydrogen) atoms. The summed E-state index contributed by atoms with van der Waals surface area (Å²) in [7, 11) is 0. The van der Waals surface area contributed by atoms with Gasteiger partial charge >= 0.3 is 11.7 Å². The highest BCUT2D eigenvalue weighted by atomic mass is 35.5. The molecule has 2 aromatic rings. The fourth-order valence-electron chi connectivity index (χ4n) is 1.93. The molecule has 1 amide bonds. The molecular weight excluding hydrogens is 364 g/mol. The second kappa shape index (κ2) is 8.82. The number of esters is 1. The van der Waals surface area contributed by atoms with Gasteiger partial charge in [0.25, 0.3) is 5.91 Å². The summed E-state index contributed by atoms with van der Waals surface area (Å²) in [4.78, 5) is 34.0. The van der Waals surface area contributed by atoms with Gasteiger partial charge in [-0.2, -0.15) is 0 Å². The van der Waals surface area contributed by atoms with Crippen LogP contribution in [0.15, 0.2) is 48.5 Å². The molecular formula is C17H15ClN2O6. The Bertz CT molecular complexity index is 809. The number of hydrogen-bond acceptors (Lipinski definition) is 6. The highest BCUT2D eigenvalue weighted by Gasteiger charge is 2.20. The molecule has 2 aromatic carbocycles. The smallest absolute Gasteiger partial charge is 0.344 e. The zero-order valence-corrected chi connectivity index (χ0v) is 14.4. The Labute approximate surface area is 153 Å². The van der Waals surface area contributed by atoms with Gasteiger partial charge in [0.2, 0.25) is 0 Å². The monoisotopic (exact) mass is 378 g/mol. The molecule has 0 fully saturated rings. The van der Waals surface area contributed by atoms with Crippen LogP contribution in [0.3, 0.4) is 0 Å². The van der Waals surface area contributed by atoms with Gasteiger partial charge in [-0.25, -0.2) is 4.79 Å².